The van der Waals surface area contributed by atoms with Gasteiger partial charge in [0.2, 0.25) is 5.91 Å². The van der Waals surface area contributed by atoms with Crippen molar-refractivity contribution in [3.63, 3.8) is 0 Å². The first-order chi connectivity index (χ1) is 16.3. The van der Waals surface area contributed by atoms with Gasteiger partial charge in [-0.05, 0) is 47.9 Å². The molecule has 2 atom stereocenters. The predicted octanol–water partition coefficient (Wildman–Crippen LogP) is 4.70. The first kappa shape index (κ1) is 25.3. The van der Waals surface area contributed by atoms with Gasteiger partial charge in [-0.2, -0.15) is 0 Å². The molecule has 0 saturated heterocycles. The van der Waals surface area contributed by atoms with Crippen LogP contribution in [0, 0.1) is 5.92 Å². The second kappa shape index (κ2) is 11.7. The second-order valence-electron chi connectivity index (χ2n) is 9.28. The fourth-order valence-corrected chi connectivity index (χ4v) is 4.40. The number of ether oxygens (including phenoxy) is 1. The van der Waals surface area contributed by atoms with Gasteiger partial charge < -0.3 is 20.5 Å². The van der Waals surface area contributed by atoms with Crippen molar-refractivity contribution in [1.29, 1.82) is 0 Å². The van der Waals surface area contributed by atoms with Crippen LogP contribution in [0.5, 0.6) is 0 Å². The summed E-state index contributed by atoms with van der Waals surface area (Å²) in [7, 11) is 0. The molecule has 0 saturated carbocycles. The van der Waals surface area contributed by atoms with Crippen molar-refractivity contribution in [3.05, 3.63) is 59.7 Å². The Morgan fingerprint density at radius 2 is 1.53 bits per heavy atom. The largest absolute Gasteiger partial charge is 0.481 e. The van der Waals surface area contributed by atoms with Crippen LogP contribution in [0.3, 0.4) is 0 Å². The van der Waals surface area contributed by atoms with Crippen LogP contribution >= 0.6 is 0 Å². The summed E-state index contributed by atoms with van der Waals surface area (Å²) in [5.74, 6) is -1.06. The van der Waals surface area contributed by atoms with Gasteiger partial charge in [-0.15, -0.1) is 0 Å². The van der Waals surface area contributed by atoms with Gasteiger partial charge in [0, 0.05) is 24.4 Å². The molecule has 2 aromatic rings. The van der Waals surface area contributed by atoms with Gasteiger partial charge in [-0.1, -0.05) is 62.4 Å². The smallest absolute Gasteiger partial charge is 0.407 e. The SMILES string of the molecule is CC(CCCC(=O)NC(CC(=O)O)C(C)C)NC(=O)OCC1c2ccccc2-c2ccccc21. The Labute approximate surface area is 200 Å². The lowest BCUT2D eigenvalue weighted by molar-refractivity contribution is -0.138. The summed E-state index contributed by atoms with van der Waals surface area (Å²) < 4.78 is 5.57. The summed E-state index contributed by atoms with van der Waals surface area (Å²) >= 11 is 0. The molecule has 7 heteroatoms. The van der Waals surface area contributed by atoms with Crippen LogP contribution in [-0.4, -0.2) is 41.8 Å². The molecule has 0 radical (unpaired) electrons. The van der Waals surface area contributed by atoms with Crippen LogP contribution in [-0.2, 0) is 14.3 Å². The van der Waals surface area contributed by atoms with E-state index in [4.69, 9.17) is 9.84 Å². The minimum atomic E-state index is -0.931. The van der Waals surface area contributed by atoms with E-state index in [9.17, 15) is 14.4 Å². The van der Waals surface area contributed by atoms with Crippen LogP contribution in [0.2, 0.25) is 0 Å². The number of rotatable bonds is 11. The molecule has 2 aromatic carbocycles. The fourth-order valence-electron chi connectivity index (χ4n) is 4.40. The Kier molecular flexibility index (Phi) is 8.68. The van der Waals surface area contributed by atoms with Crippen molar-refractivity contribution in [2.45, 2.75) is 64.5 Å². The zero-order valence-corrected chi connectivity index (χ0v) is 20.0. The van der Waals surface area contributed by atoms with Gasteiger partial charge in [-0.25, -0.2) is 4.79 Å². The predicted molar refractivity (Wildman–Crippen MR) is 131 cm³/mol. The zero-order chi connectivity index (χ0) is 24.7. The van der Waals surface area contributed by atoms with Crippen LogP contribution < -0.4 is 10.6 Å². The Balaban J connectivity index is 1.42. The number of alkyl carbamates (subject to hydrolysis) is 1. The van der Waals surface area contributed by atoms with Crippen molar-refractivity contribution >= 4 is 18.0 Å². The van der Waals surface area contributed by atoms with Crippen molar-refractivity contribution in [1.82, 2.24) is 10.6 Å². The van der Waals surface area contributed by atoms with E-state index in [1.54, 1.807) is 0 Å². The minimum Gasteiger partial charge on any atom is -0.481 e. The van der Waals surface area contributed by atoms with Crippen LogP contribution in [0.15, 0.2) is 48.5 Å². The highest BCUT2D eigenvalue weighted by Gasteiger charge is 2.29. The van der Waals surface area contributed by atoms with E-state index in [1.807, 2.05) is 45.0 Å². The van der Waals surface area contributed by atoms with E-state index in [-0.39, 0.29) is 49.3 Å². The molecule has 1 aliphatic rings. The normalized spacial score (nSPS) is 14.1. The number of hydrogen-bond donors (Lipinski definition) is 3. The van der Waals surface area contributed by atoms with E-state index in [1.165, 1.54) is 11.1 Å². The number of carboxylic acid groups (broad SMARTS) is 1. The van der Waals surface area contributed by atoms with E-state index in [2.05, 4.69) is 34.9 Å². The highest BCUT2D eigenvalue weighted by Crippen LogP contribution is 2.44. The van der Waals surface area contributed by atoms with E-state index >= 15 is 0 Å². The number of carbonyl (C=O) groups is 3. The van der Waals surface area contributed by atoms with Crippen molar-refractivity contribution in [3.8, 4) is 11.1 Å². The van der Waals surface area contributed by atoms with Crippen LogP contribution in [0.1, 0.15) is 63.5 Å². The first-order valence-electron chi connectivity index (χ1n) is 11.9. The number of aliphatic carboxylic acids is 1. The third-order valence-corrected chi connectivity index (χ3v) is 6.29. The Hall–Kier alpha value is -3.35. The summed E-state index contributed by atoms with van der Waals surface area (Å²) in [5.41, 5.74) is 4.69. The monoisotopic (exact) mass is 466 g/mol. The standard InChI is InChI=1S/C27H34N2O5/c1-17(2)24(15-26(31)32)29-25(30)14-8-9-18(3)28-27(33)34-16-23-21-12-6-4-10-19(21)20-11-5-7-13-22(20)23/h4-7,10-13,17-18,23-24H,8-9,14-16H2,1-3H3,(H,28,33)(H,29,30)(H,31,32). The summed E-state index contributed by atoms with van der Waals surface area (Å²) in [6.07, 6.45) is 0.903. The van der Waals surface area contributed by atoms with E-state index in [0.717, 1.165) is 11.1 Å². The van der Waals surface area contributed by atoms with E-state index < -0.39 is 12.1 Å². The summed E-state index contributed by atoms with van der Waals surface area (Å²) in [6, 6.07) is 15.8. The number of carboxylic acids is 1. The number of fused-ring (bicyclic) bond motifs is 3. The number of nitrogens with one attached hydrogen (secondary N) is 2. The second-order valence-corrected chi connectivity index (χ2v) is 9.28. The van der Waals surface area contributed by atoms with Crippen molar-refractivity contribution < 1.29 is 24.2 Å². The molecule has 1 aliphatic carbocycles. The number of carbonyl (C=O) groups excluding carboxylic acids is 2. The average Bonchev–Trinajstić information content (AvgIpc) is 3.10. The Morgan fingerprint density at radius 1 is 0.941 bits per heavy atom. The Morgan fingerprint density at radius 3 is 2.09 bits per heavy atom. The molecule has 0 fully saturated rings. The maximum Gasteiger partial charge on any atom is 0.407 e. The summed E-state index contributed by atoms with van der Waals surface area (Å²) in [4.78, 5) is 35.5. The molecular formula is C27H34N2O5. The van der Waals surface area contributed by atoms with E-state index in [0.29, 0.717) is 12.8 Å². The molecule has 182 valence electrons. The molecule has 2 amide bonds. The van der Waals surface area contributed by atoms with Gasteiger partial charge in [0.1, 0.15) is 6.61 Å². The minimum absolute atomic E-state index is 0.0110. The number of hydrogen-bond acceptors (Lipinski definition) is 4. The molecule has 2 unspecified atom stereocenters. The molecule has 0 heterocycles. The van der Waals surface area contributed by atoms with Crippen molar-refractivity contribution in [2.75, 3.05) is 6.61 Å². The lowest BCUT2D eigenvalue weighted by Crippen LogP contribution is -2.40. The van der Waals surface area contributed by atoms with Gasteiger partial charge in [0.15, 0.2) is 0 Å². The maximum atomic E-state index is 12.4. The third kappa shape index (κ3) is 6.59. The quantitative estimate of drug-likeness (QED) is 0.445. The molecule has 0 aliphatic heterocycles. The molecule has 3 N–H and O–H groups in total. The number of benzene rings is 2. The third-order valence-electron chi connectivity index (χ3n) is 6.29. The zero-order valence-electron chi connectivity index (χ0n) is 20.0. The first-order valence-corrected chi connectivity index (χ1v) is 11.9. The van der Waals surface area contributed by atoms with Gasteiger partial charge >= 0.3 is 12.1 Å². The molecule has 34 heavy (non-hydrogen) atoms. The highest BCUT2D eigenvalue weighted by molar-refractivity contribution is 5.79. The molecular weight excluding hydrogens is 432 g/mol. The topological polar surface area (TPSA) is 105 Å². The molecule has 0 aromatic heterocycles. The van der Waals surface area contributed by atoms with Crippen LogP contribution in [0.25, 0.3) is 11.1 Å². The van der Waals surface area contributed by atoms with Gasteiger partial charge in [-0.3, -0.25) is 9.59 Å². The molecule has 7 nitrogen and oxygen atoms in total. The summed E-state index contributed by atoms with van der Waals surface area (Å²) in [6.45, 7) is 5.90. The lowest BCUT2D eigenvalue weighted by Gasteiger charge is -2.21. The maximum absolute atomic E-state index is 12.4. The fraction of sp³-hybridized carbons (Fsp3) is 0.444. The lowest BCUT2D eigenvalue weighted by atomic mass is 9.98. The number of amides is 2. The van der Waals surface area contributed by atoms with Crippen molar-refractivity contribution in [2.24, 2.45) is 5.92 Å². The van der Waals surface area contributed by atoms with Gasteiger partial charge in [0.25, 0.3) is 0 Å². The molecule has 0 bridgehead atoms. The molecule has 3 rings (SSSR count). The van der Waals surface area contributed by atoms with Gasteiger partial charge in [0.05, 0.1) is 6.42 Å². The average molecular weight is 467 g/mol. The molecule has 0 spiro atoms. The highest BCUT2D eigenvalue weighted by atomic mass is 16.5. The summed E-state index contributed by atoms with van der Waals surface area (Å²) in [5, 5.41) is 14.6. The van der Waals surface area contributed by atoms with Crippen LogP contribution in [0.4, 0.5) is 4.79 Å². The Bertz CT molecular complexity index is 974.